The van der Waals surface area contributed by atoms with Crippen LogP contribution in [0.5, 0.6) is 0 Å². The molecule has 2 unspecified atom stereocenters. The van der Waals surface area contributed by atoms with Crippen LogP contribution in [0.1, 0.15) is 64.7 Å². The van der Waals surface area contributed by atoms with Gasteiger partial charge in [-0.1, -0.05) is 38.3 Å². The van der Waals surface area contributed by atoms with Crippen molar-refractivity contribution in [2.75, 3.05) is 24.7 Å². The largest absolute Gasteiger partial charge is 0.481 e. The van der Waals surface area contributed by atoms with Crippen molar-refractivity contribution in [2.24, 2.45) is 11.8 Å². The van der Waals surface area contributed by atoms with Gasteiger partial charge in [0.15, 0.2) is 0 Å². The Morgan fingerprint density at radius 1 is 1.09 bits per heavy atom. The summed E-state index contributed by atoms with van der Waals surface area (Å²) in [6, 6.07) is 0. The van der Waals surface area contributed by atoms with E-state index in [1.54, 1.807) is 0 Å². The number of ether oxygens (including phenoxy) is 1. The van der Waals surface area contributed by atoms with E-state index >= 15 is 0 Å². The topological polar surface area (TPSA) is 46.5 Å². The summed E-state index contributed by atoms with van der Waals surface area (Å²) < 4.78 is 5.75. The molecule has 23 heavy (non-hydrogen) atoms. The van der Waals surface area contributed by atoms with Crippen molar-refractivity contribution >= 4 is 17.7 Å². The molecule has 1 heterocycles. The third-order valence-electron chi connectivity index (χ3n) is 4.51. The molecule has 0 bridgehead atoms. The second kappa shape index (κ2) is 13.9. The number of thioether (sulfide) groups is 1. The molecule has 0 aromatic carbocycles. The lowest BCUT2D eigenvalue weighted by Crippen LogP contribution is -2.15. The Bertz CT molecular complexity index is 331. The van der Waals surface area contributed by atoms with Crippen LogP contribution in [0.2, 0.25) is 0 Å². The van der Waals surface area contributed by atoms with Gasteiger partial charge in [0, 0.05) is 13.0 Å². The average molecular weight is 343 g/mol. The van der Waals surface area contributed by atoms with Gasteiger partial charge in [0.25, 0.3) is 0 Å². The molecule has 3 nitrogen and oxygen atoms in total. The molecule has 0 aromatic heterocycles. The number of carbonyl (C=O) groups is 1. The predicted molar refractivity (Wildman–Crippen MR) is 99.1 cm³/mol. The second-order valence-electron chi connectivity index (χ2n) is 6.47. The molecular formula is C19H34O3S. The summed E-state index contributed by atoms with van der Waals surface area (Å²) in [5.74, 6) is 3.61. The van der Waals surface area contributed by atoms with Gasteiger partial charge in [-0.25, -0.2) is 0 Å². The number of unbranched alkanes of at least 4 members (excludes halogenated alkanes) is 3. The van der Waals surface area contributed by atoms with Crippen LogP contribution in [0, 0.1) is 11.8 Å². The molecule has 0 saturated carbocycles. The summed E-state index contributed by atoms with van der Waals surface area (Å²) in [7, 11) is 0. The van der Waals surface area contributed by atoms with E-state index in [0.717, 1.165) is 50.7 Å². The average Bonchev–Trinajstić information content (AvgIpc) is 2.97. The van der Waals surface area contributed by atoms with Crippen molar-refractivity contribution in [1.29, 1.82) is 0 Å². The zero-order valence-corrected chi connectivity index (χ0v) is 15.5. The van der Waals surface area contributed by atoms with Gasteiger partial charge in [-0.15, -0.1) is 0 Å². The highest BCUT2D eigenvalue weighted by Crippen LogP contribution is 2.35. The molecule has 0 aromatic rings. The van der Waals surface area contributed by atoms with Gasteiger partial charge in [-0.2, -0.15) is 11.8 Å². The van der Waals surface area contributed by atoms with Gasteiger partial charge in [0.1, 0.15) is 0 Å². The zero-order chi connectivity index (χ0) is 16.8. The minimum atomic E-state index is -0.664. The number of hydrogen-bond acceptors (Lipinski definition) is 3. The van der Waals surface area contributed by atoms with Crippen LogP contribution >= 0.6 is 11.8 Å². The van der Waals surface area contributed by atoms with E-state index in [2.05, 4.69) is 30.8 Å². The van der Waals surface area contributed by atoms with Crippen LogP contribution in [0.25, 0.3) is 0 Å². The fraction of sp³-hybridized carbons (Fsp3) is 0.842. The van der Waals surface area contributed by atoms with Crippen LogP contribution < -0.4 is 0 Å². The summed E-state index contributed by atoms with van der Waals surface area (Å²) in [4.78, 5) is 10.5. The predicted octanol–water partition coefficient (Wildman–Crippen LogP) is 5.15. The number of hydrogen-bond donors (Lipinski definition) is 1. The first-order valence-electron chi connectivity index (χ1n) is 9.26. The lowest BCUT2D eigenvalue weighted by molar-refractivity contribution is -0.137. The fourth-order valence-corrected chi connectivity index (χ4v) is 4.71. The van der Waals surface area contributed by atoms with E-state index in [0.29, 0.717) is 6.42 Å². The standard InChI is InChI=1S/C19H34O3S/c1-2-3-4-9-13-22-14-12-18-16-23-15-17(18)10-7-5-6-8-11-19(20)21/h3-4,17-18H,2,5-16H2,1H3,(H,20,21)/b4-3+. The summed E-state index contributed by atoms with van der Waals surface area (Å²) in [6.45, 7) is 3.91. The van der Waals surface area contributed by atoms with Crippen LogP contribution in [0.3, 0.4) is 0 Å². The SMILES string of the molecule is CC/C=C/CCOCCC1CSCC1CCCCCCC(=O)O. The molecule has 1 fully saturated rings. The molecule has 0 radical (unpaired) electrons. The molecule has 2 atom stereocenters. The molecule has 0 spiro atoms. The van der Waals surface area contributed by atoms with Crippen LogP contribution in [0.15, 0.2) is 12.2 Å². The van der Waals surface area contributed by atoms with Crippen molar-refractivity contribution in [3.05, 3.63) is 12.2 Å². The minimum Gasteiger partial charge on any atom is -0.481 e. The summed E-state index contributed by atoms with van der Waals surface area (Å²) in [5.41, 5.74) is 0. The van der Waals surface area contributed by atoms with Gasteiger partial charge in [-0.05, 0) is 55.4 Å². The Labute approximate surface area is 146 Å². The molecule has 0 aliphatic carbocycles. The Kier molecular flexibility index (Phi) is 12.4. The number of rotatable bonds is 14. The van der Waals surface area contributed by atoms with Crippen molar-refractivity contribution in [1.82, 2.24) is 0 Å². The summed E-state index contributed by atoms with van der Waals surface area (Å²) >= 11 is 2.09. The quantitative estimate of drug-likeness (QED) is 0.350. The first kappa shape index (κ1) is 20.6. The summed E-state index contributed by atoms with van der Waals surface area (Å²) in [6.07, 6.45) is 13.7. The van der Waals surface area contributed by atoms with Crippen LogP contribution in [-0.2, 0) is 9.53 Å². The molecule has 1 N–H and O–H groups in total. The molecule has 1 aliphatic heterocycles. The van der Waals surface area contributed by atoms with Gasteiger partial charge in [-0.3, -0.25) is 4.79 Å². The van der Waals surface area contributed by atoms with Gasteiger partial charge >= 0.3 is 5.97 Å². The molecule has 0 amide bonds. The highest BCUT2D eigenvalue weighted by Gasteiger charge is 2.26. The molecule has 1 saturated heterocycles. The molecular weight excluding hydrogens is 308 g/mol. The maximum Gasteiger partial charge on any atom is 0.303 e. The minimum absolute atomic E-state index is 0.326. The summed E-state index contributed by atoms with van der Waals surface area (Å²) in [5, 5.41) is 8.62. The van der Waals surface area contributed by atoms with Gasteiger partial charge in [0.2, 0.25) is 0 Å². The smallest absolute Gasteiger partial charge is 0.303 e. The third-order valence-corrected chi connectivity index (χ3v) is 5.84. The lowest BCUT2D eigenvalue weighted by Gasteiger charge is -2.18. The molecule has 1 aliphatic rings. The number of aliphatic carboxylic acids is 1. The maximum absolute atomic E-state index is 10.5. The van der Waals surface area contributed by atoms with E-state index < -0.39 is 5.97 Å². The fourth-order valence-electron chi connectivity index (χ4n) is 3.09. The number of carboxylic acid groups (broad SMARTS) is 1. The third kappa shape index (κ3) is 10.8. The van der Waals surface area contributed by atoms with Gasteiger partial charge < -0.3 is 9.84 Å². The maximum atomic E-state index is 10.5. The number of carboxylic acids is 1. The Morgan fingerprint density at radius 2 is 1.83 bits per heavy atom. The van der Waals surface area contributed by atoms with Crippen molar-refractivity contribution < 1.29 is 14.6 Å². The lowest BCUT2D eigenvalue weighted by atomic mass is 9.88. The Hall–Kier alpha value is -0.480. The van der Waals surface area contributed by atoms with Gasteiger partial charge in [0.05, 0.1) is 6.61 Å². The van der Waals surface area contributed by atoms with Crippen LogP contribution in [0.4, 0.5) is 0 Å². The van der Waals surface area contributed by atoms with Crippen molar-refractivity contribution in [3.63, 3.8) is 0 Å². The van der Waals surface area contributed by atoms with E-state index in [4.69, 9.17) is 9.84 Å². The van der Waals surface area contributed by atoms with Crippen LogP contribution in [-0.4, -0.2) is 35.8 Å². The Balaban J connectivity index is 2.00. The normalized spacial score (nSPS) is 21.3. The Morgan fingerprint density at radius 3 is 2.57 bits per heavy atom. The van der Waals surface area contributed by atoms with E-state index in [9.17, 15) is 4.79 Å². The zero-order valence-electron chi connectivity index (χ0n) is 14.7. The van der Waals surface area contributed by atoms with Crippen molar-refractivity contribution in [2.45, 2.75) is 64.7 Å². The highest BCUT2D eigenvalue weighted by molar-refractivity contribution is 7.99. The first-order valence-corrected chi connectivity index (χ1v) is 10.4. The first-order chi connectivity index (χ1) is 11.2. The number of allylic oxidation sites excluding steroid dienone is 1. The van der Waals surface area contributed by atoms with E-state index in [1.807, 2.05) is 0 Å². The van der Waals surface area contributed by atoms with Crippen molar-refractivity contribution in [3.8, 4) is 0 Å². The molecule has 4 heteroatoms. The van der Waals surface area contributed by atoms with E-state index in [-0.39, 0.29) is 0 Å². The highest BCUT2D eigenvalue weighted by atomic mass is 32.2. The second-order valence-corrected chi connectivity index (χ2v) is 7.55. The molecule has 134 valence electrons. The molecule has 1 rings (SSSR count). The van der Waals surface area contributed by atoms with E-state index in [1.165, 1.54) is 37.2 Å². The monoisotopic (exact) mass is 342 g/mol.